The standard InChI is InChI=1S/C11H13F3O4S/c1-8(18-19(15,16)11(12,13)14)7-9-5-3-4-6-10(9)17-2/h3-6,8H,7H2,1-2H3. The third kappa shape index (κ3) is 4.10. The van der Waals surface area contributed by atoms with Crippen LogP contribution in [0.4, 0.5) is 13.2 Å². The Bertz CT molecular complexity index is 525. The summed E-state index contributed by atoms with van der Waals surface area (Å²) < 4.78 is 67.2. The van der Waals surface area contributed by atoms with Gasteiger partial charge in [-0.3, -0.25) is 4.18 Å². The topological polar surface area (TPSA) is 52.6 Å². The van der Waals surface area contributed by atoms with Crippen LogP contribution in [0.25, 0.3) is 0 Å². The van der Waals surface area contributed by atoms with E-state index >= 15 is 0 Å². The van der Waals surface area contributed by atoms with Crippen molar-refractivity contribution in [3.8, 4) is 5.75 Å². The van der Waals surface area contributed by atoms with Gasteiger partial charge >= 0.3 is 15.6 Å². The lowest BCUT2D eigenvalue weighted by molar-refractivity contribution is -0.0568. The molecular formula is C11H13F3O4S. The van der Waals surface area contributed by atoms with Gasteiger partial charge in [-0.25, -0.2) is 0 Å². The fourth-order valence-corrected chi connectivity index (χ4v) is 2.10. The molecule has 0 aliphatic heterocycles. The lowest BCUT2D eigenvalue weighted by Gasteiger charge is -2.16. The van der Waals surface area contributed by atoms with Crippen LogP contribution in [0.1, 0.15) is 12.5 Å². The molecule has 0 radical (unpaired) electrons. The number of hydrogen-bond acceptors (Lipinski definition) is 4. The zero-order valence-electron chi connectivity index (χ0n) is 10.3. The van der Waals surface area contributed by atoms with Gasteiger partial charge in [-0.15, -0.1) is 0 Å². The highest BCUT2D eigenvalue weighted by atomic mass is 32.2. The van der Waals surface area contributed by atoms with Crippen molar-refractivity contribution in [2.24, 2.45) is 0 Å². The Morgan fingerprint density at radius 3 is 2.37 bits per heavy atom. The van der Waals surface area contributed by atoms with Crippen molar-refractivity contribution in [3.63, 3.8) is 0 Å². The number of halogens is 3. The molecule has 0 spiro atoms. The largest absolute Gasteiger partial charge is 0.523 e. The van der Waals surface area contributed by atoms with E-state index in [1.54, 1.807) is 24.3 Å². The second-order valence-electron chi connectivity index (χ2n) is 3.82. The summed E-state index contributed by atoms with van der Waals surface area (Å²) >= 11 is 0. The highest BCUT2D eigenvalue weighted by Gasteiger charge is 2.48. The third-order valence-electron chi connectivity index (χ3n) is 2.27. The Kier molecular flexibility index (Phi) is 4.81. The van der Waals surface area contributed by atoms with Crippen LogP contribution >= 0.6 is 0 Å². The summed E-state index contributed by atoms with van der Waals surface area (Å²) in [7, 11) is -4.16. The maximum atomic E-state index is 12.1. The summed E-state index contributed by atoms with van der Waals surface area (Å²) in [6.45, 7) is 1.25. The van der Waals surface area contributed by atoms with E-state index in [2.05, 4.69) is 4.18 Å². The summed E-state index contributed by atoms with van der Waals surface area (Å²) in [5.41, 5.74) is -4.85. The van der Waals surface area contributed by atoms with Gasteiger partial charge in [0, 0.05) is 6.42 Å². The fraction of sp³-hybridized carbons (Fsp3) is 0.455. The average Bonchev–Trinajstić information content (AvgIpc) is 2.27. The van der Waals surface area contributed by atoms with E-state index in [1.807, 2.05) is 0 Å². The second kappa shape index (κ2) is 5.79. The first-order chi connectivity index (χ1) is 8.67. The number of rotatable bonds is 5. The van der Waals surface area contributed by atoms with Gasteiger partial charge in [0.05, 0.1) is 13.2 Å². The molecular weight excluding hydrogens is 285 g/mol. The van der Waals surface area contributed by atoms with Crippen molar-refractivity contribution in [1.29, 1.82) is 0 Å². The van der Waals surface area contributed by atoms with Crippen LogP contribution in [0.2, 0.25) is 0 Å². The van der Waals surface area contributed by atoms with Crippen LogP contribution in [0.3, 0.4) is 0 Å². The molecule has 0 saturated heterocycles. The van der Waals surface area contributed by atoms with Gasteiger partial charge in [0.1, 0.15) is 5.75 Å². The Hall–Kier alpha value is -1.28. The molecule has 0 N–H and O–H groups in total. The van der Waals surface area contributed by atoms with Crippen LogP contribution in [0.15, 0.2) is 24.3 Å². The predicted octanol–water partition coefficient (Wildman–Crippen LogP) is 2.49. The van der Waals surface area contributed by atoms with Gasteiger partial charge in [0.2, 0.25) is 0 Å². The molecule has 4 nitrogen and oxygen atoms in total. The molecule has 1 unspecified atom stereocenters. The molecule has 1 aromatic carbocycles. The third-order valence-corrected chi connectivity index (χ3v) is 3.42. The number of ether oxygens (including phenoxy) is 1. The minimum absolute atomic E-state index is 0.0146. The second-order valence-corrected chi connectivity index (χ2v) is 5.39. The molecule has 1 rings (SSSR count). The molecule has 8 heteroatoms. The van der Waals surface area contributed by atoms with Gasteiger partial charge in [0.15, 0.2) is 0 Å². The predicted molar refractivity (Wildman–Crippen MR) is 62.2 cm³/mol. The van der Waals surface area contributed by atoms with Gasteiger partial charge in [-0.05, 0) is 18.6 Å². The Labute approximate surface area is 109 Å². The fourth-order valence-electron chi connectivity index (χ4n) is 1.49. The minimum atomic E-state index is -5.58. The van der Waals surface area contributed by atoms with Gasteiger partial charge in [0.25, 0.3) is 0 Å². The number of alkyl halides is 3. The molecule has 0 saturated carbocycles. The van der Waals surface area contributed by atoms with E-state index < -0.39 is 21.7 Å². The first-order valence-electron chi connectivity index (χ1n) is 5.29. The Morgan fingerprint density at radius 1 is 1.26 bits per heavy atom. The Balaban J connectivity index is 2.79. The van der Waals surface area contributed by atoms with Gasteiger partial charge < -0.3 is 4.74 Å². The summed E-state index contributed by atoms with van der Waals surface area (Å²) in [6, 6.07) is 6.61. The summed E-state index contributed by atoms with van der Waals surface area (Å²) in [6.07, 6.45) is -1.16. The zero-order chi connectivity index (χ0) is 14.7. The highest BCUT2D eigenvalue weighted by Crippen LogP contribution is 2.27. The summed E-state index contributed by atoms with van der Waals surface area (Å²) in [5.74, 6) is 0.461. The van der Waals surface area contributed by atoms with Crippen LogP contribution in [-0.4, -0.2) is 27.1 Å². The normalized spacial score (nSPS) is 14.2. The van der Waals surface area contributed by atoms with Crippen LogP contribution in [0, 0.1) is 0 Å². The van der Waals surface area contributed by atoms with Crippen LogP contribution < -0.4 is 4.74 Å². The first kappa shape index (κ1) is 15.8. The molecule has 1 atom stereocenters. The lowest BCUT2D eigenvalue weighted by atomic mass is 10.1. The molecule has 0 amide bonds. The van der Waals surface area contributed by atoms with Crippen molar-refractivity contribution in [2.75, 3.05) is 7.11 Å². The van der Waals surface area contributed by atoms with Crippen LogP contribution in [-0.2, 0) is 20.7 Å². The van der Waals surface area contributed by atoms with E-state index in [4.69, 9.17) is 4.74 Å². The number of hydrogen-bond donors (Lipinski definition) is 0. The van der Waals surface area contributed by atoms with Gasteiger partial charge in [-0.2, -0.15) is 21.6 Å². The van der Waals surface area contributed by atoms with E-state index in [0.29, 0.717) is 11.3 Å². The Morgan fingerprint density at radius 2 is 1.84 bits per heavy atom. The first-order valence-corrected chi connectivity index (χ1v) is 6.69. The maximum absolute atomic E-state index is 12.1. The lowest BCUT2D eigenvalue weighted by Crippen LogP contribution is -2.29. The molecule has 0 aliphatic carbocycles. The number of methoxy groups -OCH3 is 1. The van der Waals surface area contributed by atoms with E-state index in [0.717, 1.165) is 0 Å². The van der Waals surface area contributed by atoms with Crippen molar-refractivity contribution in [2.45, 2.75) is 25.0 Å². The monoisotopic (exact) mass is 298 g/mol. The summed E-state index contributed by atoms with van der Waals surface area (Å²) in [5, 5.41) is 0. The molecule has 108 valence electrons. The van der Waals surface area contributed by atoms with Crippen molar-refractivity contribution in [3.05, 3.63) is 29.8 Å². The summed E-state index contributed by atoms with van der Waals surface area (Å²) in [4.78, 5) is 0. The highest BCUT2D eigenvalue weighted by molar-refractivity contribution is 7.87. The molecule has 0 bridgehead atoms. The molecule has 0 heterocycles. The van der Waals surface area contributed by atoms with Crippen molar-refractivity contribution < 1.29 is 30.5 Å². The van der Waals surface area contributed by atoms with Crippen molar-refractivity contribution in [1.82, 2.24) is 0 Å². The minimum Gasteiger partial charge on any atom is -0.496 e. The SMILES string of the molecule is COc1ccccc1CC(C)OS(=O)(=O)C(F)(F)F. The average molecular weight is 298 g/mol. The molecule has 19 heavy (non-hydrogen) atoms. The number of benzene rings is 1. The zero-order valence-corrected chi connectivity index (χ0v) is 11.1. The molecule has 0 aliphatic rings. The van der Waals surface area contributed by atoms with E-state index in [-0.39, 0.29) is 6.42 Å². The quantitative estimate of drug-likeness (QED) is 0.619. The van der Waals surface area contributed by atoms with Crippen LogP contribution in [0.5, 0.6) is 5.75 Å². The van der Waals surface area contributed by atoms with Crippen molar-refractivity contribution >= 4 is 10.1 Å². The smallest absolute Gasteiger partial charge is 0.496 e. The molecule has 0 fully saturated rings. The molecule has 1 aromatic rings. The van der Waals surface area contributed by atoms with E-state index in [1.165, 1.54) is 14.0 Å². The van der Waals surface area contributed by atoms with E-state index in [9.17, 15) is 21.6 Å². The van der Waals surface area contributed by atoms with Gasteiger partial charge in [-0.1, -0.05) is 18.2 Å². The number of para-hydroxylation sites is 1. The maximum Gasteiger partial charge on any atom is 0.523 e. The molecule has 0 aromatic heterocycles.